The molecule has 1 aliphatic heterocycles. The van der Waals surface area contributed by atoms with Crippen LogP contribution in [-0.2, 0) is 14.8 Å². The zero-order valence-corrected chi connectivity index (χ0v) is 14.6. The predicted octanol–water partition coefficient (Wildman–Crippen LogP) is 1.48. The Morgan fingerprint density at radius 3 is 2.57 bits per heavy atom. The molecule has 1 amide bonds. The van der Waals surface area contributed by atoms with Gasteiger partial charge in [0.2, 0.25) is 15.9 Å². The molecule has 1 aromatic carbocycles. The summed E-state index contributed by atoms with van der Waals surface area (Å²) in [7, 11) is -2.26. The van der Waals surface area contributed by atoms with Crippen molar-refractivity contribution in [3.63, 3.8) is 0 Å². The van der Waals surface area contributed by atoms with E-state index in [2.05, 4.69) is 18.6 Å². The molecule has 0 bridgehead atoms. The topological polar surface area (TPSA) is 75.7 Å². The molecule has 128 valence electrons. The first-order chi connectivity index (χ1) is 10.8. The number of benzene rings is 1. The Kier molecular flexibility index (Phi) is 5.64. The molecule has 23 heavy (non-hydrogen) atoms. The van der Waals surface area contributed by atoms with E-state index in [0.717, 1.165) is 6.42 Å². The number of amides is 1. The van der Waals surface area contributed by atoms with E-state index in [0.29, 0.717) is 30.7 Å². The summed E-state index contributed by atoms with van der Waals surface area (Å²) in [5.41, 5.74) is 0. The van der Waals surface area contributed by atoms with Crippen LogP contribution in [0.15, 0.2) is 29.2 Å². The number of rotatable bonds is 5. The van der Waals surface area contributed by atoms with Gasteiger partial charge in [0.15, 0.2) is 0 Å². The van der Waals surface area contributed by atoms with Crippen LogP contribution in [0.2, 0.25) is 0 Å². The summed E-state index contributed by atoms with van der Waals surface area (Å²) < 4.78 is 32.0. The molecule has 2 atom stereocenters. The lowest BCUT2D eigenvalue weighted by atomic mass is 9.92. The van der Waals surface area contributed by atoms with Crippen LogP contribution in [0.25, 0.3) is 0 Å². The number of piperidine rings is 1. The fourth-order valence-corrected chi connectivity index (χ4v) is 4.00. The van der Waals surface area contributed by atoms with Gasteiger partial charge in [0.1, 0.15) is 5.75 Å². The van der Waals surface area contributed by atoms with Crippen molar-refractivity contribution in [2.45, 2.75) is 25.2 Å². The first-order valence-corrected chi connectivity index (χ1v) is 9.21. The quantitative estimate of drug-likeness (QED) is 0.881. The van der Waals surface area contributed by atoms with Crippen molar-refractivity contribution < 1.29 is 17.9 Å². The summed E-state index contributed by atoms with van der Waals surface area (Å²) >= 11 is 0. The largest absolute Gasteiger partial charge is 0.497 e. The van der Waals surface area contributed by atoms with E-state index in [4.69, 9.17) is 4.74 Å². The lowest BCUT2D eigenvalue weighted by Crippen LogP contribution is -2.46. The third-order valence-electron chi connectivity index (χ3n) is 3.99. The number of nitrogens with one attached hydrogen (secondary N) is 1. The van der Waals surface area contributed by atoms with Crippen molar-refractivity contribution >= 4 is 15.9 Å². The monoisotopic (exact) mass is 340 g/mol. The second-order valence-corrected chi connectivity index (χ2v) is 8.02. The Balaban J connectivity index is 1.99. The van der Waals surface area contributed by atoms with E-state index in [-0.39, 0.29) is 17.3 Å². The number of nitrogens with zero attached hydrogens (tertiary/aromatic N) is 1. The number of sulfonamides is 1. The fourth-order valence-electron chi connectivity index (χ4n) is 2.99. The molecule has 6 nitrogen and oxygen atoms in total. The van der Waals surface area contributed by atoms with E-state index in [1.165, 1.54) is 19.2 Å². The van der Waals surface area contributed by atoms with Gasteiger partial charge in [-0.25, -0.2) is 13.1 Å². The number of likely N-dealkylation sites (tertiary alicyclic amines) is 1. The van der Waals surface area contributed by atoms with Crippen LogP contribution in [0, 0.1) is 11.8 Å². The SMILES string of the molecule is COc1cccc(S(=O)(=O)NCC(=O)N2C[C@H](C)C[C@@H](C)C2)c1. The molecule has 2 rings (SSSR count). The van der Waals surface area contributed by atoms with Gasteiger partial charge < -0.3 is 9.64 Å². The molecule has 0 aliphatic carbocycles. The highest BCUT2D eigenvalue weighted by atomic mass is 32.2. The standard InChI is InChI=1S/C16H24N2O4S/c1-12-7-13(2)11-18(10-12)16(19)9-17-23(20,21)15-6-4-5-14(8-15)22-3/h4-6,8,12-13,17H,7,9-11H2,1-3H3/t12-,13-/m1/s1. The second kappa shape index (κ2) is 7.31. The smallest absolute Gasteiger partial charge is 0.241 e. The molecule has 0 radical (unpaired) electrons. The third-order valence-corrected chi connectivity index (χ3v) is 5.39. The number of methoxy groups -OCH3 is 1. The van der Waals surface area contributed by atoms with Crippen LogP contribution in [0.4, 0.5) is 0 Å². The van der Waals surface area contributed by atoms with Crippen molar-refractivity contribution in [2.75, 3.05) is 26.7 Å². The van der Waals surface area contributed by atoms with Crippen LogP contribution < -0.4 is 9.46 Å². The highest BCUT2D eigenvalue weighted by Gasteiger charge is 2.26. The maximum absolute atomic E-state index is 12.3. The summed E-state index contributed by atoms with van der Waals surface area (Å²) in [5.74, 6) is 1.16. The van der Waals surface area contributed by atoms with Crippen molar-refractivity contribution in [2.24, 2.45) is 11.8 Å². The van der Waals surface area contributed by atoms with Crippen LogP contribution in [0.5, 0.6) is 5.75 Å². The predicted molar refractivity (Wildman–Crippen MR) is 87.7 cm³/mol. The van der Waals surface area contributed by atoms with E-state index < -0.39 is 10.0 Å². The highest BCUT2D eigenvalue weighted by Crippen LogP contribution is 2.21. The summed E-state index contributed by atoms with van der Waals surface area (Å²) in [5, 5.41) is 0. The fraction of sp³-hybridized carbons (Fsp3) is 0.562. The normalized spacial score (nSPS) is 22.0. The molecule has 0 spiro atoms. The Morgan fingerprint density at radius 2 is 1.96 bits per heavy atom. The maximum atomic E-state index is 12.3. The molecule has 1 saturated heterocycles. The first kappa shape index (κ1) is 17.7. The van der Waals surface area contributed by atoms with Crippen LogP contribution in [0.3, 0.4) is 0 Å². The lowest BCUT2D eigenvalue weighted by molar-refractivity contribution is -0.132. The van der Waals surface area contributed by atoms with Gasteiger partial charge in [-0.05, 0) is 30.4 Å². The average molecular weight is 340 g/mol. The first-order valence-electron chi connectivity index (χ1n) is 7.73. The summed E-state index contributed by atoms with van der Waals surface area (Å²) in [6, 6.07) is 6.17. The maximum Gasteiger partial charge on any atom is 0.241 e. The lowest BCUT2D eigenvalue weighted by Gasteiger charge is -2.35. The molecule has 7 heteroatoms. The Labute approximate surface area is 137 Å². The van der Waals surface area contributed by atoms with E-state index in [1.807, 2.05) is 0 Å². The number of hydrogen-bond acceptors (Lipinski definition) is 4. The minimum Gasteiger partial charge on any atom is -0.497 e. The number of hydrogen-bond donors (Lipinski definition) is 1. The van der Waals surface area contributed by atoms with Crippen molar-refractivity contribution in [3.05, 3.63) is 24.3 Å². The van der Waals surface area contributed by atoms with Crippen molar-refractivity contribution in [1.82, 2.24) is 9.62 Å². The Bertz CT molecular complexity index is 650. The molecule has 0 unspecified atom stereocenters. The number of carbonyl (C=O) groups is 1. The van der Waals surface area contributed by atoms with Gasteiger partial charge in [-0.1, -0.05) is 19.9 Å². The van der Waals surface area contributed by atoms with Gasteiger partial charge >= 0.3 is 0 Å². The number of ether oxygens (including phenoxy) is 1. The Morgan fingerprint density at radius 1 is 1.30 bits per heavy atom. The molecule has 1 aliphatic rings. The molecule has 0 saturated carbocycles. The van der Waals surface area contributed by atoms with Crippen LogP contribution >= 0.6 is 0 Å². The zero-order valence-electron chi connectivity index (χ0n) is 13.8. The minimum absolute atomic E-state index is 0.0880. The number of carbonyl (C=O) groups excluding carboxylic acids is 1. The summed E-state index contributed by atoms with van der Waals surface area (Å²) in [6.45, 7) is 5.36. The Hall–Kier alpha value is -1.60. The summed E-state index contributed by atoms with van der Waals surface area (Å²) in [4.78, 5) is 14.1. The average Bonchev–Trinajstić information content (AvgIpc) is 2.51. The van der Waals surface area contributed by atoms with Gasteiger partial charge in [0.25, 0.3) is 0 Å². The third kappa shape index (κ3) is 4.68. The molecule has 1 aromatic rings. The van der Waals surface area contributed by atoms with E-state index in [9.17, 15) is 13.2 Å². The van der Waals surface area contributed by atoms with Crippen LogP contribution in [-0.4, -0.2) is 46.0 Å². The van der Waals surface area contributed by atoms with Gasteiger partial charge in [-0.3, -0.25) is 4.79 Å². The van der Waals surface area contributed by atoms with E-state index in [1.54, 1.807) is 17.0 Å². The zero-order chi connectivity index (χ0) is 17.0. The molecule has 1 N–H and O–H groups in total. The molecular formula is C16H24N2O4S. The van der Waals surface area contributed by atoms with E-state index >= 15 is 0 Å². The highest BCUT2D eigenvalue weighted by molar-refractivity contribution is 7.89. The van der Waals surface area contributed by atoms with Crippen molar-refractivity contribution in [3.8, 4) is 5.75 Å². The molecule has 1 fully saturated rings. The van der Waals surface area contributed by atoms with Crippen LogP contribution in [0.1, 0.15) is 20.3 Å². The summed E-state index contributed by atoms with van der Waals surface area (Å²) in [6.07, 6.45) is 1.10. The molecular weight excluding hydrogens is 316 g/mol. The van der Waals surface area contributed by atoms with Gasteiger partial charge in [-0.15, -0.1) is 0 Å². The molecule has 1 heterocycles. The van der Waals surface area contributed by atoms with Gasteiger partial charge in [0.05, 0.1) is 18.6 Å². The minimum atomic E-state index is -3.73. The molecule has 0 aromatic heterocycles. The van der Waals surface area contributed by atoms with Gasteiger partial charge in [-0.2, -0.15) is 0 Å². The second-order valence-electron chi connectivity index (χ2n) is 6.25. The van der Waals surface area contributed by atoms with Gasteiger partial charge in [0, 0.05) is 19.2 Å². The van der Waals surface area contributed by atoms with Crippen molar-refractivity contribution in [1.29, 1.82) is 0 Å².